The molecule has 0 aliphatic rings. The van der Waals surface area contributed by atoms with Crippen LogP contribution in [0, 0.1) is 22.0 Å². The molecule has 0 N–H and O–H groups in total. The third-order valence-corrected chi connectivity index (χ3v) is 2.76. The number of nitro groups is 1. The van der Waals surface area contributed by atoms with Gasteiger partial charge in [0.2, 0.25) is 0 Å². The van der Waals surface area contributed by atoms with E-state index in [2.05, 4.69) is 11.8 Å². The largest absolute Gasteiger partial charge is 0.417 e. The molecule has 0 radical (unpaired) electrons. The Morgan fingerprint density at radius 2 is 1.81 bits per heavy atom. The lowest BCUT2D eigenvalue weighted by Crippen LogP contribution is -2.04. The molecule has 21 heavy (non-hydrogen) atoms. The second kappa shape index (κ2) is 6.55. The van der Waals surface area contributed by atoms with Gasteiger partial charge in [-0.25, -0.2) is 4.79 Å². The Morgan fingerprint density at radius 1 is 1.14 bits per heavy atom. The van der Waals surface area contributed by atoms with E-state index in [-0.39, 0.29) is 11.4 Å². The Morgan fingerprint density at radius 3 is 2.43 bits per heavy atom. The molecule has 0 bridgehead atoms. The Balaban J connectivity index is 2.06. The van der Waals surface area contributed by atoms with Gasteiger partial charge >= 0.3 is 5.97 Å². The molecule has 0 aromatic heterocycles. The summed E-state index contributed by atoms with van der Waals surface area (Å²) >= 11 is 5.90. The third kappa shape index (κ3) is 4.06. The third-order valence-electron chi connectivity index (χ3n) is 2.43. The molecule has 0 heterocycles. The van der Waals surface area contributed by atoms with Crippen LogP contribution in [0.5, 0.6) is 5.75 Å². The zero-order valence-corrected chi connectivity index (χ0v) is 11.3. The van der Waals surface area contributed by atoms with Gasteiger partial charge in [0.15, 0.2) is 0 Å². The van der Waals surface area contributed by atoms with Gasteiger partial charge < -0.3 is 4.74 Å². The normalized spacial score (nSPS) is 9.38. The molecule has 0 atom stereocenters. The van der Waals surface area contributed by atoms with Gasteiger partial charge in [-0.2, -0.15) is 0 Å². The Labute approximate surface area is 125 Å². The lowest BCUT2D eigenvalue weighted by atomic mass is 10.2. The number of non-ortho nitro benzene ring substituents is 1. The van der Waals surface area contributed by atoms with Crippen molar-refractivity contribution in [1.29, 1.82) is 0 Å². The van der Waals surface area contributed by atoms with Crippen LogP contribution in [0.15, 0.2) is 48.5 Å². The SMILES string of the molecule is O=C(C#Cc1ccccc1Cl)Oc1ccc([N+](=O)[O-])cc1. The zero-order valence-electron chi connectivity index (χ0n) is 10.6. The molecule has 5 nitrogen and oxygen atoms in total. The van der Waals surface area contributed by atoms with Gasteiger partial charge in [-0.3, -0.25) is 10.1 Å². The van der Waals surface area contributed by atoms with Crippen molar-refractivity contribution < 1.29 is 14.5 Å². The molecule has 0 saturated heterocycles. The molecule has 2 aromatic rings. The Bertz CT molecular complexity index is 744. The molecular formula is C15H8ClNO4. The number of benzene rings is 2. The number of halogens is 1. The highest BCUT2D eigenvalue weighted by atomic mass is 35.5. The quantitative estimate of drug-likeness (QED) is 0.281. The lowest BCUT2D eigenvalue weighted by molar-refractivity contribution is -0.384. The summed E-state index contributed by atoms with van der Waals surface area (Å²) in [6.45, 7) is 0. The van der Waals surface area contributed by atoms with Crippen LogP contribution in [0.2, 0.25) is 5.02 Å². The summed E-state index contributed by atoms with van der Waals surface area (Å²) < 4.78 is 4.93. The second-order valence-corrected chi connectivity index (χ2v) is 4.28. The van der Waals surface area contributed by atoms with Crippen LogP contribution in [0.25, 0.3) is 0 Å². The van der Waals surface area contributed by atoms with Gasteiger partial charge in [-0.1, -0.05) is 29.7 Å². The summed E-state index contributed by atoms with van der Waals surface area (Å²) in [7, 11) is 0. The number of hydrogen-bond donors (Lipinski definition) is 0. The number of ether oxygens (including phenoxy) is 1. The summed E-state index contributed by atoms with van der Waals surface area (Å²) in [4.78, 5) is 21.5. The second-order valence-electron chi connectivity index (χ2n) is 3.87. The van der Waals surface area contributed by atoms with Crippen molar-refractivity contribution >= 4 is 23.3 Å². The fourth-order valence-corrected chi connectivity index (χ4v) is 1.63. The van der Waals surface area contributed by atoms with Crippen molar-refractivity contribution in [2.75, 3.05) is 0 Å². The summed E-state index contributed by atoms with van der Waals surface area (Å²) in [5.41, 5.74) is 0.428. The van der Waals surface area contributed by atoms with Crippen LogP contribution in [-0.2, 0) is 4.79 Å². The Hall–Kier alpha value is -2.84. The molecule has 104 valence electrons. The van der Waals surface area contributed by atoms with Crippen molar-refractivity contribution in [3.8, 4) is 17.6 Å². The molecule has 0 fully saturated rings. The number of carbonyl (C=O) groups is 1. The fraction of sp³-hybridized carbons (Fsp3) is 0. The number of rotatable bonds is 2. The average Bonchev–Trinajstić information content (AvgIpc) is 2.47. The maximum Gasteiger partial charge on any atom is 0.390 e. The highest BCUT2D eigenvalue weighted by Gasteiger charge is 2.06. The van der Waals surface area contributed by atoms with E-state index in [1.54, 1.807) is 24.3 Å². The van der Waals surface area contributed by atoms with E-state index >= 15 is 0 Å². The summed E-state index contributed by atoms with van der Waals surface area (Å²) in [6, 6.07) is 12.0. The maximum absolute atomic E-state index is 11.5. The first-order chi connectivity index (χ1) is 10.1. The minimum absolute atomic E-state index is 0.0862. The molecule has 0 amide bonds. The highest BCUT2D eigenvalue weighted by Crippen LogP contribution is 2.17. The molecule has 0 aliphatic carbocycles. The van der Waals surface area contributed by atoms with Crippen LogP contribution in [0.1, 0.15) is 5.56 Å². The topological polar surface area (TPSA) is 69.4 Å². The standard InChI is InChI=1S/C15H8ClNO4/c16-14-4-2-1-3-11(14)5-10-15(18)21-13-8-6-12(7-9-13)17(19)20/h1-4,6-9H. The first-order valence-electron chi connectivity index (χ1n) is 5.79. The van der Waals surface area contributed by atoms with Crippen molar-refractivity contribution in [2.45, 2.75) is 0 Å². The number of carbonyl (C=O) groups excluding carboxylic acids is 1. The smallest absolute Gasteiger partial charge is 0.390 e. The van der Waals surface area contributed by atoms with E-state index in [4.69, 9.17) is 16.3 Å². The summed E-state index contributed by atoms with van der Waals surface area (Å²) in [5.74, 6) is 4.30. The van der Waals surface area contributed by atoms with E-state index in [0.717, 1.165) is 0 Å². The first-order valence-corrected chi connectivity index (χ1v) is 6.17. The fourth-order valence-electron chi connectivity index (χ4n) is 1.45. The van der Waals surface area contributed by atoms with Gasteiger partial charge in [-0.05, 0) is 24.3 Å². The van der Waals surface area contributed by atoms with E-state index in [1.165, 1.54) is 24.3 Å². The molecule has 0 spiro atoms. The minimum Gasteiger partial charge on any atom is -0.417 e. The molecule has 0 aliphatic heterocycles. The van der Waals surface area contributed by atoms with Crippen molar-refractivity contribution in [2.24, 2.45) is 0 Å². The lowest BCUT2D eigenvalue weighted by Gasteiger charge is -1.99. The molecule has 6 heteroatoms. The number of nitro benzene ring substituents is 1. The van der Waals surface area contributed by atoms with E-state index in [1.807, 2.05) is 0 Å². The van der Waals surface area contributed by atoms with Gasteiger partial charge in [0.25, 0.3) is 5.69 Å². The van der Waals surface area contributed by atoms with Crippen molar-refractivity contribution in [1.82, 2.24) is 0 Å². The maximum atomic E-state index is 11.5. The summed E-state index contributed by atoms with van der Waals surface area (Å²) in [6.07, 6.45) is 0. The zero-order chi connectivity index (χ0) is 15.2. The predicted molar refractivity (Wildman–Crippen MR) is 77.1 cm³/mol. The van der Waals surface area contributed by atoms with Gasteiger partial charge in [-0.15, -0.1) is 0 Å². The predicted octanol–water partition coefficient (Wildman–Crippen LogP) is 3.21. The Kier molecular flexibility index (Phi) is 4.54. The van der Waals surface area contributed by atoms with Crippen LogP contribution in [-0.4, -0.2) is 10.9 Å². The number of hydrogen-bond acceptors (Lipinski definition) is 4. The minimum atomic E-state index is -0.774. The molecular weight excluding hydrogens is 294 g/mol. The van der Waals surface area contributed by atoms with Gasteiger partial charge in [0, 0.05) is 23.6 Å². The van der Waals surface area contributed by atoms with E-state index < -0.39 is 10.9 Å². The van der Waals surface area contributed by atoms with E-state index in [0.29, 0.717) is 10.6 Å². The van der Waals surface area contributed by atoms with Gasteiger partial charge in [0.05, 0.1) is 9.95 Å². The molecule has 2 aromatic carbocycles. The monoisotopic (exact) mass is 301 g/mol. The molecule has 0 unspecified atom stereocenters. The highest BCUT2D eigenvalue weighted by molar-refractivity contribution is 6.31. The summed E-state index contributed by atoms with van der Waals surface area (Å²) in [5, 5.41) is 10.9. The van der Waals surface area contributed by atoms with Crippen LogP contribution < -0.4 is 4.74 Å². The average molecular weight is 302 g/mol. The molecule has 0 saturated carbocycles. The van der Waals surface area contributed by atoms with Crippen LogP contribution in [0.3, 0.4) is 0 Å². The number of nitrogens with zero attached hydrogens (tertiary/aromatic N) is 1. The van der Waals surface area contributed by atoms with Crippen LogP contribution in [0.4, 0.5) is 5.69 Å². The molecule has 2 rings (SSSR count). The van der Waals surface area contributed by atoms with Crippen molar-refractivity contribution in [3.05, 3.63) is 69.2 Å². The van der Waals surface area contributed by atoms with E-state index in [9.17, 15) is 14.9 Å². The van der Waals surface area contributed by atoms with Crippen LogP contribution >= 0.6 is 11.6 Å². The van der Waals surface area contributed by atoms with Gasteiger partial charge in [0.1, 0.15) is 5.75 Å². The number of esters is 1. The first kappa shape index (κ1) is 14.6. The van der Waals surface area contributed by atoms with Crippen molar-refractivity contribution in [3.63, 3.8) is 0 Å².